The van der Waals surface area contributed by atoms with Gasteiger partial charge in [0, 0.05) is 29.0 Å². The van der Waals surface area contributed by atoms with Gasteiger partial charge in [0.1, 0.15) is 24.2 Å². The van der Waals surface area contributed by atoms with Gasteiger partial charge in [0.05, 0.1) is 24.9 Å². The average molecular weight is 462 g/mol. The van der Waals surface area contributed by atoms with Crippen molar-refractivity contribution in [1.29, 1.82) is 0 Å². The molecule has 0 saturated heterocycles. The van der Waals surface area contributed by atoms with Gasteiger partial charge in [-0.15, -0.1) is 0 Å². The minimum Gasteiger partial charge on any atom is -0.493 e. The standard InChI is InChI=1S/C26H27N3O5/c1-15-10-25(26(29-17(15)3)20-7-5-6-16(2)28-20)34-22-8-9-27-21-12-24(33-14-18(31)13-30)23(32-4)11-19(21)22/h5-12,18,30-31H,13-14H2,1-4H3. The van der Waals surface area contributed by atoms with Crippen LogP contribution in [0.2, 0.25) is 0 Å². The van der Waals surface area contributed by atoms with E-state index in [9.17, 15) is 5.11 Å². The normalized spacial score (nSPS) is 11.9. The third kappa shape index (κ3) is 4.93. The highest BCUT2D eigenvalue weighted by Crippen LogP contribution is 2.39. The number of benzene rings is 1. The molecule has 34 heavy (non-hydrogen) atoms. The summed E-state index contributed by atoms with van der Waals surface area (Å²) in [7, 11) is 1.53. The predicted octanol–water partition coefficient (Wildman–Crippen LogP) is 4.15. The zero-order chi connectivity index (χ0) is 24.2. The fourth-order valence-corrected chi connectivity index (χ4v) is 3.46. The number of rotatable bonds is 8. The van der Waals surface area contributed by atoms with Gasteiger partial charge < -0.3 is 24.4 Å². The summed E-state index contributed by atoms with van der Waals surface area (Å²) in [6.07, 6.45) is 0.657. The van der Waals surface area contributed by atoms with E-state index in [1.807, 2.05) is 45.0 Å². The molecule has 1 aromatic carbocycles. The van der Waals surface area contributed by atoms with Crippen molar-refractivity contribution in [3.8, 4) is 34.4 Å². The zero-order valence-corrected chi connectivity index (χ0v) is 19.6. The van der Waals surface area contributed by atoms with E-state index in [-0.39, 0.29) is 6.61 Å². The van der Waals surface area contributed by atoms with Crippen LogP contribution in [0.25, 0.3) is 22.3 Å². The zero-order valence-electron chi connectivity index (χ0n) is 19.6. The van der Waals surface area contributed by atoms with Crippen LogP contribution in [0.3, 0.4) is 0 Å². The Morgan fingerprint density at radius 1 is 0.941 bits per heavy atom. The van der Waals surface area contributed by atoms with E-state index < -0.39 is 12.7 Å². The number of methoxy groups -OCH3 is 1. The molecule has 1 unspecified atom stereocenters. The van der Waals surface area contributed by atoms with Gasteiger partial charge in [0.15, 0.2) is 17.2 Å². The maximum Gasteiger partial charge on any atom is 0.163 e. The molecule has 0 saturated carbocycles. The minimum absolute atomic E-state index is 0.0737. The summed E-state index contributed by atoms with van der Waals surface area (Å²) in [5.41, 5.74) is 4.80. The van der Waals surface area contributed by atoms with Gasteiger partial charge >= 0.3 is 0 Å². The first-order valence-corrected chi connectivity index (χ1v) is 10.9. The molecule has 0 aliphatic carbocycles. The number of aromatic nitrogens is 3. The lowest BCUT2D eigenvalue weighted by Crippen LogP contribution is -2.21. The Bertz CT molecular complexity index is 1330. The Hall–Kier alpha value is -3.75. The number of hydrogen-bond acceptors (Lipinski definition) is 8. The number of pyridine rings is 3. The highest BCUT2D eigenvalue weighted by atomic mass is 16.5. The molecule has 8 nitrogen and oxygen atoms in total. The Labute approximate surface area is 197 Å². The number of aliphatic hydroxyl groups is 2. The van der Waals surface area contributed by atoms with E-state index in [1.54, 1.807) is 24.4 Å². The van der Waals surface area contributed by atoms with Gasteiger partial charge in [-0.3, -0.25) is 9.97 Å². The summed E-state index contributed by atoms with van der Waals surface area (Å²) in [5, 5.41) is 19.4. The van der Waals surface area contributed by atoms with Crippen LogP contribution in [0.4, 0.5) is 0 Å². The maximum absolute atomic E-state index is 9.62. The van der Waals surface area contributed by atoms with Crippen LogP contribution in [0.5, 0.6) is 23.0 Å². The summed E-state index contributed by atoms with van der Waals surface area (Å²) >= 11 is 0. The van der Waals surface area contributed by atoms with Crippen molar-refractivity contribution in [3.63, 3.8) is 0 Å². The second-order valence-electron chi connectivity index (χ2n) is 7.98. The highest BCUT2D eigenvalue weighted by molar-refractivity contribution is 5.88. The fourth-order valence-electron chi connectivity index (χ4n) is 3.46. The molecule has 0 amide bonds. The lowest BCUT2D eigenvalue weighted by molar-refractivity contribution is 0.0528. The van der Waals surface area contributed by atoms with E-state index in [2.05, 4.69) is 9.97 Å². The Morgan fingerprint density at radius 3 is 2.50 bits per heavy atom. The highest BCUT2D eigenvalue weighted by Gasteiger charge is 2.17. The van der Waals surface area contributed by atoms with Crippen LogP contribution >= 0.6 is 0 Å². The fraction of sp³-hybridized carbons (Fsp3) is 0.269. The molecule has 0 radical (unpaired) electrons. The molecule has 0 aliphatic rings. The predicted molar refractivity (Wildman–Crippen MR) is 129 cm³/mol. The number of fused-ring (bicyclic) bond motifs is 1. The van der Waals surface area contributed by atoms with E-state index in [0.717, 1.165) is 28.0 Å². The molecule has 176 valence electrons. The first-order chi connectivity index (χ1) is 16.4. The quantitative estimate of drug-likeness (QED) is 0.403. The molecular weight excluding hydrogens is 434 g/mol. The van der Waals surface area contributed by atoms with Crippen molar-refractivity contribution < 1.29 is 24.4 Å². The van der Waals surface area contributed by atoms with Gasteiger partial charge in [-0.2, -0.15) is 0 Å². The third-order valence-corrected chi connectivity index (χ3v) is 5.41. The monoisotopic (exact) mass is 461 g/mol. The number of aliphatic hydroxyl groups excluding tert-OH is 2. The second kappa shape index (κ2) is 10.0. The van der Waals surface area contributed by atoms with Crippen LogP contribution < -0.4 is 14.2 Å². The van der Waals surface area contributed by atoms with Crippen molar-refractivity contribution in [2.75, 3.05) is 20.3 Å². The lowest BCUT2D eigenvalue weighted by Gasteiger charge is -2.16. The summed E-state index contributed by atoms with van der Waals surface area (Å²) in [5.74, 6) is 2.02. The van der Waals surface area contributed by atoms with Crippen molar-refractivity contribution in [1.82, 2.24) is 15.0 Å². The smallest absolute Gasteiger partial charge is 0.163 e. The number of aryl methyl sites for hydroxylation is 3. The number of hydrogen-bond donors (Lipinski definition) is 2. The maximum atomic E-state index is 9.62. The molecule has 2 N–H and O–H groups in total. The number of nitrogens with zero attached hydrogens (tertiary/aromatic N) is 3. The molecule has 0 aliphatic heterocycles. The lowest BCUT2D eigenvalue weighted by atomic mass is 10.1. The third-order valence-electron chi connectivity index (χ3n) is 5.41. The van der Waals surface area contributed by atoms with Crippen molar-refractivity contribution in [2.24, 2.45) is 0 Å². The summed E-state index contributed by atoms with van der Waals surface area (Å²) in [6.45, 7) is 5.41. The molecule has 0 spiro atoms. The van der Waals surface area contributed by atoms with E-state index in [4.69, 9.17) is 24.3 Å². The first kappa shape index (κ1) is 23.4. The summed E-state index contributed by atoms with van der Waals surface area (Å²) in [6, 6.07) is 13.0. The minimum atomic E-state index is -0.992. The molecule has 4 rings (SSSR count). The van der Waals surface area contributed by atoms with Gasteiger partial charge in [0.2, 0.25) is 0 Å². The Morgan fingerprint density at radius 2 is 1.76 bits per heavy atom. The summed E-state index contributed by atoms with van der Waals surface area (Å²) < 4.78 is 17.5. The van der Waals surface area contributed by atoms with E-state index >= 15 is 0 Å². The van der Waals surface area contributed by atoms with E-state index in [1.165, 1.54) is 7.11 Å². The second-order valence-corrected chi connectivity index (χ2v) is 7.98. The van der Waals surface area contributed by atoms with Crippen LogP contribution in [0.1, 0.15) is 17.0 Å². The number of ether oxygens (including phenoxy) is 3. The van der Waals surface area contributed by atoms with Crippen LogP contribution in [0.15, 0.2) is 48.7 Å². The molecule has 3 aromatic heterocycles. The van der Waals surface area contributed by atoms with Gasteiger partial charge in [-0.05, 0) is 56.7 Å². The molecule has 0 fully saturated rings. The SMILES string of the molecule is COc1cc2c(Oc3cc(C)c(C)nc3-c3cccc(C)n3)ccnc2cc1OCC(O)CO. The topological polar surface area (TPSA) is 107 Å². The first-order valence-electron chi connectivity index (χ1n) is 10.9. The average Bonchev–Trinajstić information content (AvgIpc) is 2.84. The van der Waals surface area contributed by atoms with Crippen molar-refractivity contribution >= 4 is 10.9 Å². The van der Waals surface area contributed by atoms with Gasteiger partial charge in [-0.25, -0.2) is 4.98 Å². The van der Waals surface area contributed by atoms with Crippen LogP contribution in [-0.2, 0) is 0 Å². The van der Waals surface area contributed by atoms with Crippen LogP contribution in [0, 0.1) is 20.8 Å². The van der Waals surface area contributed by atoms with Crippen molar-refractivity contribution in [3.05, 3.63) is 65.6 Å². The molecule has 0 bridgehead atoms. The van der Waals surface area contributed by atoms with E-state index in [0.29, 0.717) is 34.2 Å². The van der Waals surface area contributed by atoms with Gasteiger partial charge in [-0.1, -0.05) is 6.07 Å². The summed E-state index contributed by atoms with van der Waals surface area (Å²) in [4.78, 5) is 13.8. The Balaban J connectivity index is 1.77. The molecule has 8 heteroatoms. The molecule has 4 aromatic rings. The van der Waals surface area contributed by atoms with Crippen molar-refractivity contribution in [2.45, 2.75) is 26.9 Å². The van der Waals surface area contributed by atoms with Gasteiger partial charge in [0.25, 0.3) is 0 Å². The molecular formula is C26H27N3O5. The Kier molecular flexibility index (Phi) is 6.90. The molecule has 3 heterocycles. The van der Waals surface area contributed by atoms with Crippen LogP contribution in [-0.4, -0.2) is 51.6 Å². The largest absolute Gasteiger partial charge is 0.493 e. The molecule has 1 atom stereocenters.